The van der Waals surface area contributed by atoms with E-state index in [1.54, 1.807) is 11.3 Å². The molecule has 19 heavy (non-hydrogen) atoms. The Bertz CT molecular complexity index is 478. The van der Waals surface area contributed by atoms with E-state index in [2.05, 4.69) is 55.2 Å². The van der Waals surface area contributed by atoms with Crippen LogP contribution in [0.3, 0.4) is 0 Å². The third-order valence-corrected chi connectivity index (χ3v) is 4.03. The number of hydrogen-bond donors (Lipinski definition) is 1. The minimum Gasteiger partial charge on any atom is -0.312 e. The first kappa shape index (κ1) is 14.5. The standard InChI is InChI=1S/C15H25N3S/c1-5-6-12(10-16-15(2,3)4)9-13-11-18-7-8-19-14(18)17-13/h7-8,11-12,16H,5-6,9-10H2,1-4H3. The summed E-state index contributed by atoms with van der Waals surface area (Å²) in [5, 5.41) is 5.70. The average molecular weight is 279 g/mol. The minimum absolute atomic E-state index is 0.195. The third kappa shape index (κ3) is 4.32. The third-order valence-electron chi connectivity index (χ3n) is 3.26. The van der Waals surface area contributed by atoms with Crippen LogP contribution in [0, 0.1) is 5.92 Å². The Hall–Kier alpha value is -0.870. The van der Waals surface area contributed by atoms with E-state index < -0.39 is 0 Å². The normalized spacial score (nSPS) is 14.1. The quantitative estimate of drug-likeness (QED) is 0.872. The van der Waals surface area contributed by atoms with Crippen LogP contribution < -0.4 is 5.32 Å². The van der Waals surface area contributed by atoms with Crippen molar-refractivity contribution in [3.8, 4) is 0 Å². The molecule has 2 rings (SSSR count). The minimum atomic E-state index is 0.195. The summed E-state index contributed by atoms with van der Waals surface area (Å²) in [6.07, 6.45) is 7.82. The fourth-order valence-corrected chi connectivity index (χ4v) is 3.02. The SMILES string of the molecule is CCCC(CNC(C)(C)C)Cc1cn2ccsc2n1. The maximum atomic E-state index is 4.69. The van der Waals surface area contributed by atoms with Crippen LogP contribution in [0.1, 0.15) is 46.2 Å². The maximum Gasteiger partial charge on any atom is 0.193 e. The average Bonchev–Trinajstić information content (AvgIpc) is 2.85. The van der Waals surface area contributed by atoms with Crippen molar-refractivity contribution >= 4 is 16.3 Å². The molecule has 0 radical (unpaired) electrons. The Kier molecular flexibility index (Phi) is 4.63. The second kappa shape index (κ2) is 6.06. The van der Waals surface area contributed by atoms with Gasteiger partial charge in [-0.2, -0.15) is 0 Å². The second-order valence-corrected chi connectivity index (χ2v) is 7.19. The van der Waals surface area contributed by atoms with Gasteiger partial charge in [0.25, 0.3) is 0 Å². The van der Waals surface area contributed by atoms with Gasteiger partial charge in [0.2, 0.25) is 0 Å². The van der Waals surface area contributed by atoms with E-state index in [-0.39, 0.29) is 5.54 Å². The second-order valence-electron chi connectivity index (χ2n) is 6.31. The molecule has 4 heteroatoms. The Morgan fingerprint density at radius 1 is 1.42 bits per heavy atom. The molecular formula is C15H25N3S. The Morgan fingerprint density at radius 3 is 2.84 bits per heavy atom. The van der Waals surface area contributed by atoms with Gasteiger partial charge in [-0.15, -0.1) is 11.3 Å². The Balaban J connectivity index is 1.97. The summed E-state index contributed by atoms with van der Waals surface area (Å²) < 4.78 is 2.13. The number of hydrogen-bond acceptors (Lipinski definition) is 3. The number of aromatic nitrogens is 2. The van der Waals surface area contributed by atoms with Gasteiger partial charge in [-0.05, 0) is 46.1 Å². The zero-order valence-corrected chi connectivity index (χ0v) is 13.3. The predicted octanol–water partition coefficient (Wildman–Crippen LogP) is 3.74. The maximum absolute atomic E-state index is 4.69. The number of rotatable bonds is 6. The molecule has 0 spiro atoms. The Morgan fingerprint density at radius 2 is 2.21 bits per heavy atom. The van der Waals surface area contributed by atoms with Gasteiger partial charge in [0.1, 0.15) is 0 Å². The fraction of sp³-hybridized carbons (Fsp3) is 0.667. The van der Waals surface area contributed by atoms with Crippen LogP contribution in [0.5, 0.6) is 0 Å². The molecule has 0 saturated heterocycles. The molecule has 0 bridgehead atoms. The molecule has 1 unspecified atom stereocenters. The van der Waals surface area contributed by atoms with Crippen LogP contribution in [0.4, 0.5) is 0 Å². The van der Waals surface area contributed by atoms with Gasteiger partial charge in [0, 0.05) is 23.3 Å². The van der Waals surface area contributed by atoms with E-state index in [0.29, 0.717) is 5.92 Å². The van der Waals surface area contributed by atoms with Crippen LogP contribution in [0.2, 0.25) is 0 Å². The predicted molar refractivity (Wildman–Crippen MR) is 82.9 cm³/mol. The number of nitrogens with zero attached hydrogens (tertiary/aromatic N) is 2. The first-order valence-electron chi connectivity index (χ1n) is 7.14. The highest BCUT2D eigenvalue weighted by Gasteiger charge is 2.15. The molecule has 2 aromatic heterocycles. The van der Waals surface area contributed by atoms with Crippen molar-refractivity contribution in [2.45, 2.75) is 52.5 Å². The highest BCUT2D eigenvalue weighted by molar-refractivity contribution is 7.15. The monoisotopic (exact) mass is 279 g/mol. The molecule has 3 nitrogen and oxygen atoms in total. The summed E-state index contributed by atoms with van der Waals surface area (Å²) in [7, 11) is 0. The molecule has 0 aliphatic heterocycles. The lowest BCUT2D eigenvalue weighted by atomic mass is 9.96. The van der Waals surface area contributed by atoms with Crippen molar-refractivity contribution in [1.82, 2.24) is 14.7 Å². The summed E-state index contributed by atoms with van der Waals surface area (Å²) in [5.74, 6) is 0.675. The molecule has 1 atom stereocenters. The smallest absolute Gasteiger partial charge is 0.193 e. The van der Waals surface area contributed by atoms with E-state index in [0.717, 1.165) is 17.9 Å². The number of nitrogens with one attached hydrogen (secondary N) is 1. The zero-order valence-electron chi connectivity index (χ0n) is 12.4. The lowest BCUT2D eigenvalue weighted by molar-refractivity contribution is 0.353. The van der Waals surface area contributed by atoms with E-state index >= 15 is 0 Å². The lowest BCUT2D eigenvalue weighted by Gasteiger charge is -2.24. The summed E-state index contributed by atoms with van der Waals surface area (Å²) in [6.45, 7) is 10.0. The molecule has 2 heterocycles. The number of thiazole rings is 1. The van der Waals surface area contributed by atoms with Crippen LogP contribution in [-0.2, 0) is 6.42 Å². The van der Waals surface area contributed by atoms with Gasteiger partial charge in [-0.3, -0.25) is 4.40 Å². The van der Waals surface area contributed by atoms with Crippen molar-refractivity contribution in [2.24, 2.45) is 5.92 Å². The zero-order chi connectivity index (χ0) is 13.9. The summed E-state index contributed by atoms with van der Waals surface area (Å²) in [5.41, 5.74) is 1.42. The van der Waals surface area contributed by atoms with Crippen molar-refractivity contribution < 1.29 is 0 Å². The summed E-state index contributed by atoms with van der Waals surface area (Å²) in [6, 6.07) is 0. The summed E-state index contributed by atoms with van der Waals surface area (Å²) in [4.78, 5) is 5.80. The molecule has 1 N–H and O–H groups in total. The molecule has 0 aliphatic carbocycles. The molecule has 0 amide bonds. The number of fused-ring (bicyclic) bond motifs is 1. The first-order chi connectivity index (χ1) is 8.98. The first-order valence-corrected chi connectivity index (χ1v) is 8.02. The molecule has 0 saturated carbocycles. The molecule has 0 fully saturated rings. The summed E-state index contributed by atoms with van der Waals surface area (Å²) >= 11 is 1.70. The molecule has 0 aromatic carbocycles. The van der Waals surface area contributed by atoms with Crippen molar-refractivity contribution in [3.05, 3.63) is 23.5 Å². The highest BCUT2D eigenvalue weighted by atomic mass is 32.1. The van der Waals surface area contributed by atoms with E-state index in [4.69, 9.17) is 4.98 Å². The van der Waals surface area contributed by atoms with Gasteiger partial charge in [0.05, 0.1) is 5.69 Å². The van der Waals surface area contributed by atoms with Gasteiger partial charge in [0.15, 0.2) is 4.96 Å². The van der Waals surface area contributed by atoms with E-state index in [9.17, 15) is 0 Å². The van der Waals surface area contributed by atoms with Gasteiger partial charge < -0.3 is 5.32 Å². The number of imidazole rings is 1. The van der Waals surface area contributed by atoms with Crippen LogP contribution in [0.25, 0.3) is 4.96 Å². The fourth-order valence-electron chi connectivity index (χ4n) is 2.31. The highest BCUT2D eigenvalue weighted by Crippen LogP contribution is 2.17. The van der Waals surface area contributed by atoms with E-state index in [1.165, 1.54) is 18.5 Å². The molecule has 106 valence electrons. The van der Waals surface area contributed by atoms with Crippen LogP contribution >= 0.6 is 11.3 Å². The lowest BCUT2D eigenvalue weighted by Crippen LogP contribution is -2.39. The molecule has 2 aromatic rings. The van der Waals surface area contributed by atoms with Crippen molar-refractivity contribution in [2.75, 3.05) is 6.54 Å². The largest absolute Gasteiger partial charge is 0.312 e. The molecule has 0 aliphatic rings. The van der Waals surface area contributed by atoms with Gasteiger partial charge in [-0.1, -0.05) is 13.3 Å². The van der Waals surface area contributed by atoms with Crippen molar-refractivity contribution in [3.63, 3.8) is 0 Å². The van der Waals surface area contributed by atoms with Crippen molar-refractivity contribution in [1.29, 1.82) is 0 Å². The van der Waals surface area contributed by atoms with Gasteiger partial charge >= 0.3 is 0 Å². The van der Waals surface area contributed by atoms with Gasteiger partial charge in [-0.25, -0.2) is 4.98 Å². The van der Waals surface area contributed by atoms with Crippen LogP contribution in [-0.4, -0.2) is 21.5 Å². The van der Waals surface area contributed by atoms with E-state index in [1.807, 2.05) is 0 Å². The topological polar surface area (TPSA) is 29.3 Å². The Labute approximate surface area is 120 Å². The van der Waals surface area contributed by atoms with Crippen LogP contribution in [0.15, 0.2) is 17.8 Å². The molecular weight excluding hydrogens is 254 g/mol.